The Kier molecular flexibility index (Phi) is 4.13. The molecule has 3 aromatic rings. The molecule has 128 valence electrons. The number of hydrogen-bond donors (Lipinski definition) is 0. The highest BCUT2D eigenvalue weighted by Gasteiger charge is 2.23. The maximum Gasteiger partial charge on any atom is 0.253 e. The lowest BCUT2D eigenvalue weighted by atomic mass is 10.1. The van der Waals surface area contributed by atoms with Gasteiger partial charge < -0.3 is 9.80 Å². The van der Waals surface area contributed by atoms with Gasteiger partial charge in [-0.05, 0) is 37.3 Å². The van der Waals surface area contributed by atoms with Crippen molar-refractivity contribution in [2.75, 3.05) is 31.1 Å². The minimum atomic E-state index is -0.240. The van der Waals surface area contributed by atoms with Crippen LogP contribution < -0.4 is 4.90 Å². The Hall–Kier alpha value is -2.47. The van der Waals surface area contributed by atoms with E-state index >= 15 is 0 Å². The summed E-state index contributed by atoms with van der Waals surface area (Å²) in [7, 11) is 0. The van der Waals surface area contributed by atoms with Crippen LogP contribution in [0, 0.1) is 12.7 Å². The van der Waals surface area contributed by atoms with Gasteiger partial charge in [-0.3, -0.25) is 4.79 Å². The summed E-state index contributed by atoms with van der Waals surface area (Å²) in [6.07, 6.45) is 0. The van der Waals surface area contributed by atoms with Gasteiger partial charge in [0, 0.05) is 31.7 Å². The van der Waals surface area contributed by atoms with Crippen molar-refractivity contribution < 1.29 is 9.18 Å². The third-order valence-corrected chi connectivity index (χ3v) is 5.55. The molecule has 4 rings (SSSR count). The fourth-order valence-corrected chi connectivity index (χ4v) is 4.04. The van der Waals surface area contributed by atoms with Crippen LogP contribution in [0.4, 0.5) is 9.52 Å². The van der Waals surface area contributed by atoms with E-state index in [4.69, 9.17) is 0 Å². The van der Waals surface area contributed by atoms with E-state index in [1.165, 1.54) is 23.5 Å². The second-order valence-corrected chi connectivity index (χ2v) is 7.26. The average Bonchev–Trinajstić information content (AvgIpc) is 3.05. The highest BCUT2D eigenvalue weighted by Crippen LogP contribution is 2.30. The van der Waals surface area contributed by atoms with Crippen LogP contribution in [0.1, 0.15) is 15.9 Å². The third kappa shape index (κ3) is 3.22. The minimum Gasteiger partial charge on any atom is -0.345 e. The van der Waals surface area contributed by atoms with Gasteiger partial charge in [0.15, 0.2) is 5.13 Å². The van der Waals surface area contributed by atoms with Crippen molar-refractivity contribution in [1.82, 2.24) is 9.88 Å². The van der Waals surface area contributed by atoms with E-state index in [2.05, 4.69) is 9.88 Å². The summed E-state index contributed by atoms with van der Waals surface area (Å²) < 4.78 is 14.2. The van der Waals surface area contributed by atoms with Gasteiger partial charge in [0.05, 0.1) is 10.2 Å². The van der Waals surface area contributed by atoms with Gasteiger partial charge in [0.25, 0.3) is 5.91 Å². The van der Waals surface area contributed by atoms with Crippen molar-refractivity contribution in [3.8, 4) is 0 Å². The number of benzene rings is 2. The van der Waals surface area contributed by atoms with E-state index in [0.29, 0.717) is 13.1 Å². The molecule has 1 saturated heterocycles. The first-order valence-corrected chi connectivity index (χ1v) is 9.09. The van der Waals surface area contributed by atoms with Gasteiger partial charge in [-0.15, -0.1) is 0 Å². The molecule has 25 heavy (non-hydrogen) atoms. The second kappa shape index (κ2) is 6.44. The maximum absolute atomic E-state index is 13.3. The van der Waals surface area contributed by atoms with E-state index in [0.717, 1.165) is 39.6 Å². The lowest BCUT2D eigenvalue weighted by Gasteiger charge is -2.34. The van der Waals surface area contributed by atoms with Crippen molar-refractivity contribution in [1.29, 1.82) is 0 Å². The van der Waals surface area contributed by atoms with Crippen LogP contribution in [0.15, 0.2) is 42.5 Å². The largest absolute Gasteiger partial charge is 0.345 e. The van der Waals surface area contributed by atoms with Gasteiger partial charge in [0.1, 0.15) is 5.82 Å². The Morgan fingerprint density at radius 1 is 1.08 bits per heavy atom. The maximum atomic E-state index is 13.3. The number of halogens is 1. The van der Waals surface area contributed by atoms with Crippen LogP contribution in [0.5, 0.6) is 0 Å². The fourth-order valence-electron chi connectivity index (χ4n) is 3.00. The number of hydrogen-bond acceptors (Lipinski definition) is 4. The Morgan fingerprint density at radius 2 is 1.80 bits per heavy atom. The molecule has 1 aliphatic heterocycles. The highest BCUT2D eigenvalue weighted by atomic mass is 32.1. The van der Waals surface area contributed by atoms with Gasteiger partial charge in [-0.25, -0.2) is 9.37 Å². The molecule has 0 radical (unpaired) electrons. The van der Waals surface area contributed by atoms with Gasteiger partial charge in [-0.1, -0.05) is 29.0 Å². The van der Waals surface area contributed by atoms with Crippen LogP contribution in [-0.4, -0.2) is 42.0 Å². The summed E-state index contributed by atoms with van der Waals surface area (Å²) in [4.78, 5) is 21.2. The van der Waals surface area contributed by atoms with Crippen molar-refractivity contribution in [2.45, 2.75) is 6.92 Å². The molecule has 0 spiro atoms. The summed E-state index contributed by atoms with van der Waals surface area (Å²) >= 11 is 1.50. The van der Waals surface area contributed by atoms with Crippen molar-refractivity contribution in [3.63, 3.8) is 0 Å². The van der Waals surface area contributed by atoms with E-state index in [-0.39, 0.29) is 11.7 Å². The molecule has 0 aliphatic carbocycles. The smallest absolute Gasteiger partial charge is 0.253 e. The standard InChI is InChI=1S/C19H18FN3OS/c1-13-2-4-14(5-3-13)18(24)22-8-10-23(11-9-22)19-21-16-7-6-15(20)12-17(16)25-19/h2-7,12H,8-11H2,1H3. The number of thiazole rings is 1. The van der Waals surface area contributed by atoms with E-state index < -0.39 is 0 Å². The van der Waals surface area contributed by atoms with Crippen molar-refractivity contribution >= 4 is 32.6 Å². The number of piperazine rings is 1. The Labute approximate surface area is 149 Å². The molecule has 6 heteroatoms. The second-order valence-electron chi connectivity index (χ2n) is 6.25. The monoisotopic (exact) mass is 355 g/mol. The van der Waals surface area contributed by atoms with Gasteiger partial charge in [0.2, 0.25) is 0 Å². The van der Waals surface area contributed by atoms with Crippen LogP contribution >= 0.6 is 11.3 Å². The molecule has 1 amide bonds. The summed E-state index contributed by atoms with van der Waals surface area (Å²) in [6, 6.07) is 12.4. The molecule has 0 bridgehead atoms. The zero-order valence-corrected chi connectivity index (χ0v) is 14.7. The van der Waals surface area contributed by atoms with E-state index in [1.807, 2.05) is 36.1 Å². The normalized spacial score (nSPS) is 15.0. The lowest BCUT2D eigenvalue weighted by molar-refractivity contribution is 0.0747. The number of carbonyl (C=O) groups excluding carboxylic acids is 1. The summed E-state index contributed by atoms with van der Waals surface area (Å²) in [5.41, 5.74) is 2.70. The average molecular weight is 355 g/mol. The molecular weight excluding hydrogens is 337 g/mol. The molecule has 2 heterocycles. The first-order valence-electron chi connectivity index (χ1n) is 8.27. The SMILES string of the molecule is Cc1ccc(C(=O)N2CCN(c3nc4ccc(F)cc4s3)CC2)cc1. The Bertz CT molecular complexity index is 914. The number of rotatable bonds is 2. The third-order valence-electron chi connectivity index (χ3n) is 4.48. The molecular formula is C19H18FN3OS. The summed E-state index contributed by atoms with van der Waals surface area (Å²) in [5.74, 6) is -0.165. The molecule has 0 atom stereocenters. The number of aryl methyl sites for hydroxylation is 1. The van der Waals surface area contributed by atoms with E-state index in [1.54, 1.807) is 6.07 Å². The molecule has 1 aliphatic rings. The van der Waals surface area contributed by atoms with Crippen molar-refractivity contribution in [3.05, 3.63) is 59.4 Å². The van der Waals surface area contributed by atoms with Crippen molar-refractivity contribution in [2.24, 2.45) is 0 Å². The molecule has 0 unspecified atom stereocenters. The van der Waals surface area contributed by atoms with Crippen LogP contribution in [-0.2, 0) is 0 Å². The Morgan fingerprint density at radius 3 is 2.52 bits per heavy atom. The molecule has 4 nitrogen and oxygen atoms in total. The zero-order chi connectivity index (χ0) is 17.4. The highest BCUT2D eigenvalue weighted by molar-refractivity contribution is 7.22. The lowest BCUT2D eigenvalue weighted by Crippen LogP contribution is -2.48. The quantitative estimate of drug-likeness (QED) is 0.703. The zero-order valence-electron chi connectivity index (χ0n) is 13.9. The topological polar surface area (TPSA) is 36.4 Å². The number of aromatic nitrogens is 1. The summed E-state index contributed by atoms with van der Waals surface area (Å²) in [6.45, 7) is 4.81. The first kappa shape index (κ1) is 16.0. The minimum absolute atomic E-state index is 0.0750. The fraction of sp³-hybridized carbons (Fsp3) is 0.263. The first-order chi connectivity index (χ1) is 12.1. The van der Waals surface area contributed by atoms with Crippen LogP contribution in [0.3, 0.4) is 0 Å². The number of amides is 1. The molecule has 1 aromatic heterocycles. The van der Waals surface area contributed by atoms with Gasteiger partial charge in [-0.2, -0.15) is 0 Å². The molecule has 0 N–H and O–H groups in total. The van der Waals surface area contributed by atoms with Crippen LogP contribution in [0.25, 0.3) is 10.2 Å². The van der Waals surface area contributed by atoms with E-state index in [9.17, 15) is 9.18 Å². The number of anilines is 1. The summed E-state index contributed by atoms with van der Waals surface area (Å²) in [5, 5.41) is 0.892. The number of fused-ring (bicyclic) bond motifs is 1. The van der Waals surface area contributed by atoms with Gasteiger partial charge >= 0.3 is 0 Å². The predicted octanol–water partition coefficient (Wildman–Crippen LogP) is 3.71. The Balaban J connectivity index is 1.45. The van der Waals surface area contributed by atoms with Crippen LogP contribution in [0.2, 0.25) is 0 Å². The molecule has 1 fully saturated rings. The number of carbonyl (C=O) groups is 1. The molecule has 0 saturated carbocycles. The molecule has 2 aromatic carbocycles. The predicted molar refractivity (Wildman–Crippen MR) is 98.9 cm³/mol. The number of nitrogens with zero attached hydrogens (tertiary/aromatic N) is 3.